The molecule has 0 aliphatic rings. The number of rotatable bonds is 9. The molecule has 0 spiro atoms. The molecule has 3 nitrogen and oxygen atoms in total. The van der Waals surface area contributed by atoms with Gasteiger partial charge in [-0.15, -0.1) is 0 Å². The minimum absolute atomic E-state index is 0.0284. The van der Waals surface area contributed by atoms with Crippen LogP contribution in [0.25, 0.3) is 11.1 Å². The first-order chi connectivity index (χ1) is 17.4. The molecule has 0 saturated carbocycles. The minimum atomic E-state index is -5.10. The fourth-order valence-electron chi connectivity index (χ4n) is 3.59. The molecule has 0 aromatic heterocycles. The molecule has 38 heavy (non-hydrogen) atoms. The summed E-state index contributed by atoms with van der Waals surface area (Å²) in [4.78, 5) is 12.0. The van der Waals surface area contributed by atoms with Crippen molar-refractivity contribution in [3.05, 3.63) is 89.2 Å². The van der Waals surface area contributed by atoms with Crippen LogP contribution in [0, 0.1) is 5.92 Å². The summed E-state index contributed by atoms with van der Waals surface area (Å²) in [5.74, 6) is -5.18. The highest BCUT2D eigenvalue weighted by Crippen LogP contribution is 2.40. The zero-order valence-electron chi connectivity index (χ0n) is 20.5. The fourth-order valence-corrected chi connectivity index (χ4v) is 3.59. The van der Waals surface area contributed by atoms with E-state index in [0.717, 1.165) is 19.1 Å². The molecule has 1 N–H and O–H groups in total. The summed E-state index contributed by atoms with van der Waals surface area (Å²) in [5, 5.41) is 9.76. The van der Waals surface area contributed by atoms with Gasteiger partial charge in [-0.1, -0.05) is 26.5 Å². The van der Waals surface area contributed by atoms with Gasteiger partial charge in [0.25, 0.3) is 0 Å². The smallest absolute Gasteiger partial charge is 0.416 e. The summed E-state index contributed by atoms with van der Waals surface area (Å²) in [6.07, 6.45) is -8.89. The third-order valence-electron chi connectivity index (χ3n) is 5.14. The largest absolute Gasteiger partial charge is 0.481 e. The Hall–Kier alpha value is -3.63. The molecule has 0 fully saturated rings. The summed E-state index contributed by atoms with van der Waals surface area (Å²) in [7, 11) is 0. The van der Waals surface area contributed by atoms with Crippen molar-refractivity contribution in [2.45, 2.75) is 45.5 Å². The van der Waals surface area contributed by atoms with Gasteiger partial charge in [-0.2, -0.15) is 26.3 Å². The first-order valence-corrected chi connectivity index (χ1v) is 11.1. The van der Waals surface area contributed by atoms with Crippen LogP contribution in [-0.2, 0) is 17.1 Å². The standard InChI is InChI=1S/C27H24F8O3/c1-14(2)5-24(25(36)37)19-8-17(11-23(12-19)38-16(4)7-22(29)6-15(3)28)18-9-20(26(30,31)32)13-21(10-18)27(33,34)35/h6-14,24H,4-5H2,1-3H3,(H,36,37)/b15-6+,22-7+. The first kappa shape index (κ1) is 30.6. The van der Waals surface area contributed by atoms with E-state index in [1.165, 1.54) is 6.07 Å². The molecule has 0 aliphatic carbocycles. The van der Waals surface area contributed by atoms with E-state index in [-0.39, 0.29) is 41.0 Å². The highest BCUT2D eigenvalue weighted by atomic mass is 19.4. The maximum atomic E-state index is 13.8. The number of benzene rings is 2. The third kappa shape index (κ3) is 8.74. The second kappa shape index (κ2) is 11.8. The maximum absolute atomic E-state index is 13.8. The van der Waals surface area contributed by atoms with Crippen LogP contribution >= 0.6 is 0 Å². The van der Waals surface area contributed by atoms with Crippen LogP contribution in [-0.4, -0.2) is 11.1 Å². The van der Waals surface area contributed by atoms with Gasteiger partial charge in [0, 0.05) is 12.2 Å². The van der Waals surface area contributed by atoms with Crippen molar-refractivity contribution in [1.82, 2.24) is 0 Å². The normalized spacial score (nSPS) is 14.0. The van der Waals surface area contributed by atoms with Crippen LogP contribution in [0.5, 0.6) is 5.75 Å². The molecule has 0 bridgehead atoms. The number of allylic oxidation sites excluding steroid dienone is 4. The number of carboxylic acids is 1. The Kier molecular flexibility index (Phi) is 9.52. The fraction of sp³-hybridized carbons (Fsp3) is 0.296. The molecular formula is C27H24F8O3. The summed E-state index contributed by atoms with van der Waals surface area (Å²) in [6, 6.07) is 4.42. The van der Waals surface area contributed by atoms with Crippen LogP contribution in [0.4, 0.5) is 35.1 Å². The van der Waals surface area contributed by atoms with Crippen LogP contribution in [0.3, 0.4) is 0 Å². The van der Waals surface area contributed by atoms with Gasteiger partial charge in [-0.25, -0.2) is 8.78 Å². The summed E-state index contributed by atoms with van der Waals surface area (Å²) >= 11 is 0. The number of ether oxygens (including phenoxy) is 1. The molecule has 206 valence electrons. The zero-order chi connectivity index (χ0) is 29.0. The number of hydrogen-bond donors (Lipinski definition) is 1. The van der Waals surface area contributed by atoms with E-state index in [1.807, 2.05) is 0 Å². The van der Waals surface area contributed by atoms with Gasteiger partial charge in [-0.3, -0.25) is 4.79 Å². The predicted molar refractivity (Wildman–Crippen MR) is 126 cm³/mol. The molecule has 11 heteroatoms. The lowest BCUT2D eigenvalue weighted by Crippen LogP contribution is -2.14. The zero-order valence-corrected chi connectivity index (χ0v) is 20.5. The van der Waals surface area contributed by atoms with Crippen molar-refractivity contribution in [2.75, 3.05) is 0 Å². The number of hydrogen-bond acceptors (Lipinski definition) is 2. The van der Waals surface area contributed by atoms with Crippen molar-refractivity contribution in [1.29, 1.82) is 0 Å². The average Bonchev–Trinajstić information content (AvgIpc) is 2.74. The lowest BCUT2D eigenvalue weighted by Gasteiger charge is -2.19. The molecule has 0 heterocycles. The Labute approximate surface area is 213 Å². The van der Waals surface area contributed by atoms with E-state index >= 15 is 0 Å². The lowest BCUT2D eigenvalue weighted by molar-refractivity contribution is -0.143. The van der Waals surface area contributed by atoms with E-state index in [1.54, 1.807) is 13.8 Å². The summed E-state index contributed by atoms with van der Waals surface area (Å²) < 4.78 is 113. The molecule has 0 aliphatic heterocycles. The van der Waals surface area contributed by atoms with Gasteiger partial charge < -0.3 is 9.84 Å². The molecule has 0 amide bonds. The van der Waals surface area contributed by atoms with E-state index in [0.29, 0.717) is 24.3 Å². The molecule has 2 rings (SSSR count). The Morgan fingerprint density at radius 2 is 1.45 bits per heavy atom. The van der Waals surface area contributed by atoms with Crippen molar-refractivity contribution >= 4 is 5.97 Å². The van der Waals surface area contributed by atoms with Crippen LogP contribution < -0.4 is 4.74 Å². The number of alkyl halides is 6. The topological polar surface area (TPSA) is 46.5 Å². The molecular weight excluding hydrogens is 524 g/mol. The monoisotopic (exact) mass is 548 g/mol. The van der Waals surface area contributed by atoms with Crippen LogP contribution in [0.2, 0.25) is 0 Å². The molecule has 2 aromatic rings. The van der Waals surface area contributed by atoms with Gasteiger partial charge >= 0.3 is 18.3 Å². The molecule has 0 saturated heterocycles. The van der Waals surface area contributed by atoms with Crippen molar-refractivity contribution in [3.63, 3.8) is 0 Å². The Morgan fingerprint density at radius 1 is 0.921 bits per heavy atom. The SMILES string of the molecule is C=C(/C=C(F)\C=C(/C)F)Oc1cc(-c2cc(C(F)(F)F)cc(C(F)(F)F)c2)cc(C(CC(C)C)C(=O)O)c1. The number of carbonyl (C=O) groups is 1. The molecule has 1 atom stereocenters. The lowest BCUT2D eigenvalue weighted by atomic mass is 9.88. The molecule has 2 aromatic carbocycles. The van der Waals surface area contributed by atoms with E-state index in [2.05, 4.69) is 6.58 Å². The first-order valence-electron chi connectivity index (χ1n) is 11.1. The van der Waals surface area contributed by atoms with E-state index in [4.69, 9.17) is 4.74 Å². The Morgan fingerprint density at radius 3 is 1.89 bits per heavy atom. The van der Waals surface area contributed by atoms with Gasteiger partial charge in [0.1, 0.15) is 17.3 Å². The Bertz CT molecular complexity index is 1220. The minimum Gasteiger partial charge on any atom is -0.481 e. The number of halogens is 8. The van der Waals surface area contributed by atoms with Crippen molar-refractivity contribution in [3.8, 4) is 16.9 Å². The highest BCUT2D eigenvalue weighted by molar-refractivity contribution is 5.78. The average molecular weight is 548 g/mol. The molecule has 0 radical (unpaired) electrons. The quantitative estimate of drug-likeness (QED) is 0.193. The van der Waals surface area contributed by atoms with E-state index < -0.39 is 52.6 Å². The van der Waals surface area contributed by atoms with Crippen molar-refractivity contribution < 1.29 is 49.8 Å². The van der Waals surface area contributed by atoms with Crippen LogP contribution in [0.1, 0.15) is 49.8 Å². The number of aliphatic carboxylic acids is 1. The van der Waals surface area contributed by atoms with E-state index in [9.17, 15) is 45.0 Å². The number of carboxylic acid groups (broad SMARTS) is 1. The van der Waals surface area contributed by atoms with Gasteiger partial charge in [0.15, 0.2) is 0 Å². The third-order valence-corrected chi connectivity index (χ3v) is 5.14. The maximum Gasteiger partial charge on any atom is 0.416 e. The van der Waals surface area contributed by atoms with Gasteiger partial charge in [0.05, 0.1) is 22.9 Å². The summed E-state index contributed by atoms with van der Waals surface area (Å²) in [5.41, 5.74) is -3.80. The Balaban J connectivity index is 2.76. The summed E-state index contributed by atoms with van der Waals surface area (Å²) in [6.45, 7) is 7.89. The second-order valence-corrected chi connectivity index (χ2v) is 8.93. The molecule has 1 unspecified atom stereocenters. The van der Waals surface area contributed by atoms with Gasteiger partial charge in [-0.05, 0) is 66.3 Å². The second-order valence-electron chi connectivity index (χ2n) is 8.93. The predicted octanol–water partition coefficient (Wildman–Crippen LogP) is 9.22. The highest BCUT2D eigenvalue weighted by Gasteiger charge is 2.37. The van der Waals surface area contributed by atoms with Crippen LogP contribution in [0.15, 0.2) is 72.5 Å². The van der Waals surface area contributed by atoms with Crippen molar-refractivity contribution in [2.24, 2.45) is 5.92 Å². The van der Waals surface area contributed by atoms with Gasteiger partial charge in [0.2, 0.25) is 0 Å².